The Morgan fingerprint density at radius 2 is 2.09 bits per heavy atom. The van der Waals surface area contributed by atoms with E-state index in [1.807, 2.05) is 0 Å². The van der Waals surface area contributed by atoms with Crippen LogP contribution in [-0.4, -0.2) is 42.8 Å². The summed E-state index contributed by atoms with van der Waals surface area (Å²) in [4.78, 5) is 36.4. The van der Waals surface area contributed by atoms with Crippen molar-refractivity contribution in [2.24, 2.45) is 5.92 Å². The molecule has 0 aromatic carbocycles. The lowest BCUT2D eigenvalue weighted by Gasteiger charge is -2.21. The molecule has 0 bridgehead atoms. The molecule has 3 unspecified atom stereocenters. The second kappa shape index (κ2) is 10.2. The summed E-state index contributed by atoms with van der Waals surface area (Å²) in [6.07, 6.45) is 5.50. The fourth-order valence-corrected chi connectivity index (χ4v) is 2.51. The average molecular weight is 323 g/mol. The molecule has 23 heavy (non-hydrogen) atoms. The SMILES string of the molecule is C=CCNC(=O)C(=O)C(CCC(C)CC)NC(=O)C1CCCN1. The van der Waals surface area contributed by atoms with Gasteiger partial charge < -0.3 is 16.0 Å². The molecular formula is C17H29N3O3. The van der Waals surface area contributed by atoms with Crippen molar-refractivity contribution in [3.05, 3.63) is 12.7 Å². The number of hydrogen-bond donors (Lipinski definition) is 3. The van der Waals surface area contributed by atoms with Crippen molar-refractivity contribution >= 4 is 17.6 Å². The van der Waals surface area contributed by atoms with E-state index in [2.05, 4.69) is 36.4 Å². The number of carbonyl (C=O) groups is 3. The monoisotopic (exact) mass is 323 g/mol. The standard InChI is InChI=1S/C17H29N3O3/c1-4-10-19-17(23)15(21)13(9-8-12(3)5-2)20-16(22)14-7-6-11-18-14/h4,12-14,18H,1,5-11H2,2-3H3,(H,19,23)(H,20,22). The van der Waals surface area contributed by atoms with Gasteiger partial charge in [-0.15, -0.1) is 6.58 Å². The van der Waals surface area contributed by atoms with Crippen LogP contribution in [0.25, 0.3) is 0 Å². The molecule has 130 valence electrons. The highest BCUT2D eigenvalue weighted by Crippen LogP contribution is 2.13. The maximum Gasteiger partial charge on any atom is 0.289 e. The highest BCUT2D eigenvalue weighted by atomic mass is 16.2. The summed E-state index contributed by atoms with van der Waals surface area (Å²) in [6.45, 7) is 8.73. The van der Waals surface area contributed by atoms with Gasteiger partial charge in [0.1, 0.15) is 0 Å². The predicted octanol–water partition coefficient (Wildman–Crippen LogP) is 0.921. The first-order chi connectivity index (χ1) is 11.0. The zero-order valence-corrected chi connectivity index (χ0v) is 14.2. The molecule has 2 amide bonds. The number of amides is 2. The Bertz CT molecular complexity index is 431. The third kappa shape index (κ3) is 6.52. The number of rotatable bonds is 10. The fourth-order valence-electron chi connectivity index (χ4n) is 2.51. The molecule has 1 rings (SSSR count). The van der Waals surface area contributed by atoms with Crippen molar-refractivity contribution in [3.63, 3.8) is 0 Å². The molecular weight excluding hydrogens is 294 g/mol. The van der Waals surface area contributed by atoms with Crippen molar-refractivity contribution in [3.8, 4) is 0 Å². The largest absolute Gasteiger partial charge is 0.346 e. The van der Waals surface area contributed by atoms with E-state index in [1.54, 1.807) is 0 Å². The number of Topliss-reactive ketones (excluding diaryl/α,β-unsaturated/α-hetero) is 1. The van der Waals surface area contributed by atoms with E-state index in [9.17, 15) is 14.4 Å². The van der Waals surface area contributed by atoms with Gasteiger partial charge in [-0.05, 0) is 38.1 Å². The Labute approximate surface area is 138 Å². The normalized spacial score (nSPS) is 19.7. The fraction of sp³-hybridized carbons (Fsp3) is 0.706. The smallest absolute Gasteiger partial charge is 0.289 e. The van der Waals surface area contributed by atoms with Crippen LogP contribution in [0.3, 0.4) is 0 Å². The quantitative estimate of drug-likeness (QED) is 0.412. The van der Waals surface area contributed by atoms with E-state index in [0.29, 0.717) is 12.3 Å². The van der Waals surface area contributed by atoms with Gasteiger partial charge in [0, 0.05) is 6.54 Å². The van der Waals surface area contributed by atoms with E-state index in [1.165, 1.54) is 6.08 Å². The minimum absolute atomic E-state index is 0.193. The average Bonchev–Trinajstić information content (AvgIpc) is 3.09. The zero-order valence-electron chi connectivity index (χ0n) is 14.2. The minimum atomic E-state index is -0.760. The van der Waals surface area contributed by atoms with E-state index in [4.69, 9.17) is 0 Å². The van der Waals surface area contributed by atoms with Crippen LogP contribution in [0.5, 0.6) is 0 Å². The first-order valence-electron chi connectivity index (χ1n) is 8.46. The number of hydrogen-bond acceptors (Lipinski definition) is 4. The van der Waals surface area contributed by atoms with Gasteiger partial charge in [0.15, 0.2) is 0 Å². The Kier molecular flexibility index (Phi) is 8.55. The lowest BCUT2D eigenvalue weighted by atomic mass is 9.96. The summed E-state index contributed by atoms with van der Waals surface area (Å²) < 4.78 is 0. The Morgan fingerprint density at radius 3 is 2.65 bits per heavy atom. The molecule has 6 nitrogen and oxygen atoms in total. The van der Waals surface area contributed by atoms with Crippen molar-refractivity contribution in [1.82, 2.24) is 16.0 Å². The summed E-state index contributed by atoms with van der Waals surface area (Å²) in [5.74, 6) is -0.996. The Hall–Kier alpha value is -1.69. The van der Waals surface area contributed by atoms with Crippen LogP contribution in [0.1, 0.15) is 46.0 Å². The molecule has 0 aromatic rings. The Morgan fingerprint density at radius 1 is 1.35 bits per heavy atom. The molecule has 3 atom stereocenters. The van der Waals surface area contributed by atoms with Crippen LogP contribution in [0.4, 0.5) is 0 Å². The lowest BCUT2D eigenvalue weighted by Crippen LogP contribution is -2.51. The number of nitrogens with one attached hydrogen (secondary N) is 3. The molecule has 0 radical (unpaired) electrons. The van der Waals surface area contributed by atoms with Crippen LogP contribution in [0.2, 0.25) is 0 Å². The minimum Gasteiger partial charge on any atom is -0.346 e. The molecule has 1 aliphatic rings. The highest BCUT2D eigenvalue weighted by Gasteiger charge is 2.30. The number of carbonyl (C=O) groups excluding carboxylic acids is 3. The van der Waals surface area contributed by atoms with Gasteiger partial charge in [-0.25, -0.2) is 0 Å². The summed E-state index contributed by atoms with van der Waals surface area (Å²) in [7, 11) is 0. The van der Waals surface area contributed by atoms with Gasteiger partial charge in [-0.3, -0.25) is 14.4 Å². The molecule has 0 aromatic heterocycles. The number of ketones is 1. The van der Waals surface area contributed by atoms with Crippen molar-refractivity contribution in [2.45, 2.75) is 58.0 Å². The van der Waals surface area contributed by atoms with Crippen LogP contribution < -0.4 is 16.0 Å². The summed E-state index contributed by atoms with van der Waals surface area (Å²) in [6, 6.07) is -1.02. The zero-order chi connectivity index (χ0) is 17.2. The van der Waals surface area contributed by atoms with Gasteiger partial charge >= 0.3 is 0 Å². The highest BCUT2D eigenvalue weighted by molar-refractivity contribution is 6.38. The van der Waals surface area contributed by atoms with Gasteiger partial charge in [0.05, 0.1) is 12.1 Å². The third-order valence-corrected chi connectivity index (χ3v) is 4.29. The second-order valence-electron chi connectivity index (χ2n) is 6.16. The first-order valence-corrected chi connectivity index (χ1v) is 8.46. The van der Waals surface area contributed by atoms with Crippen molar-refractivity contribution in [1.29, 1.82) is 0 Å². The third-order valence-electron chi connectivity index (χ3n) is 4.29. The van der Waals surface area contributed by atoms with Crippen LogP contribution >= 0.6 is 0 Å². The van der Waals surface area contributed by atoms with Gasteiger partial charge in [0.25, 0.3) is 5.91 Å². The molecule has 0 saturated carbocycles. The molecule has 6 heteroatoms. The van der Waals surface area contributed by atoms with Crippen LogP contribution in [0, 0.1) is 5.92 Å². The topological polar surface area (TPSA) is 87.3 Å². The molecule has 1 heterocycles. The summed E-state index contributed by atoms with van der Waals surface area (Å²) >= 11 is 0. The summed E-state index contributed by atoms with van der Waals surface area (Å²) in [5.41, 5.74) is 0. The van der Waals surface area contributed by atoms with E-state index in [0.717, 1.165) is 32.2 Å². The van der Waals surface area contributed by atoms with E-state index < -0.39 is 17.7 Å². The first kappa shape index (κ1) is 19.4. The van der Waals surface area contributed by atoms with E-state index in [-0.39, 0.29) is 18.5 Å². The van der Waals surface area contributed by atoms with E-state index >= 15 is 0 Å². The lowest BCUT2D eigenvalue weighted by molar-refractivity contribution is -0.140. The maximum absolute atomic E-state index is 12.3. The Balaban J connectivity index is 2.66. The second-order valence-corrected chi connectivity index (χ2v) is 6.16. The maximum atomic E-state index is 12.3. The van der Waals surface area contributed by atoms with Gasteiger partial charge in [0.2, 0.25) is 11.7 Å². The van der Waals surface area contributed by atoms with Crippen molar-refractivity contribution in [2.75, 3.05) is 13.1 Å². The van der Waals surface area contributed by atoms with Gasteiger partial charge in [-0.2, -0.15) is 0 Å². The van der Waals surface area contributed by atoms with Crippen LogP contribution in [-0.2, 0) is 14.4 Å². The molecule has 1 fully saturated rings. The van der Waals surface area contributed by atoms with Gasteiger partial charge in [-0.1, -0.05) is 26.3 Å². The predicted molar refractivity (Wildman–Crippen MR) is 89.9 cm³/mol. The molecule has 1 saturated heterocycles. The van der Waals surface area contributed by atoms with Crippen LogP contribution in [0.15, 0.2) is 12.7 Å². The molecule has 1 aliphatic heterocycles. The summed E-state index contributed by atoms with van der Waals surface area (Å²) in [5, 5.41) is 8.34. The molecule has 0 aliphatic carbocycles. The molecule has 0 spiro atoms. The van der Waals surface area contributed by atoms with Crippen molar-refractivity contribution < 1.29 is 14.4 Å². The molecule has 3 N–H and O–H groups in total.